The van der Waals surface area contributed by atoms with E-state index in [1.54, 1.807) is 23.9 Å². The largest absolute Gasteiger partial charge is 0.497 e. The number of anilines is 2. The van der Waals surface area contributed by atoms with Crippen LogP contribution in [0.1, 0.15) is 30.0 Å². The molecule has 0 saturated heterocycles. The first kappa shape index (κ1) is 21.4. The molecule has 3 aromatic rings. The SMILES string of the molecule is COc1ccc([C@@H]2C=C(c3ccc(Cl)cc3)Nc3nc(NC(=O)CCC(=O)O)nn32)cc1. The molecule has 0 saturated carbocycles. The highest BCUT2D eigenvalue weighted by Crippen LogP contribution is 2.34. The molecule has 0 spiro atoms. The van der Waals surface area contributed by atoms with Crippen molar-refractivity contribution in [3.8, 4) is 5.75 Å². The summed E-state index contributed by atoms with van der Waals surface area (Å²) < 4.78 is 6.91. The summed E-state index contributed by atoms with van der Waals surface area (Å²) in [6.45, 7) is 0. The van der Waals surface area contributed by atoms with Gasteiger partial charge < -0.3 is 15.2 Å². The number of ether oxygens (including phenoxy) is 1. The molecule has 1 amide bonds. The molecule has 2 heterocycles. The van der Waals surface area contributed by atoms with Crippen molar-refractivity contribution in [1.82, 2.24) is 14.8 Å². The van der Waals surface area contributed by atoms with E-state index in [1.807, 2.05) is 42.5 Å². The van der Waals surface area contributed by atoms with Gasteiger partial charge in [-0.25, -0.2) is 4.68 Å². The van der Waals surface area contributed by atoms with Gasteiger partial charge in [0, 0.05) is 17.1 Å². The van der Waals surface area contributed by atoms with Gasteiger partial charge in [0.1, 0.15) is 11.8 Å². The number of carbonyl (C=O) groups is 2. The predicted octanol–water partition coefficient (Wildman–Crippen LogP) is 3.80. The maximum atomic E-state index is 12.0. The Morgan fingerprint density at radius 3 is 2.53 bits per heavy atom. The van der Waals surface area contributed by atoms with Gasteiger partial charge in [-0.2, -0.15) is 4.98 Å². The highest BCUT2D eigenvalue weighted by molar-refractivity contribution is 6.30. The number of hydrogen-bond donors (Lipinski definition) is 3. The maximum absolute atomic E-state index is 12.0. The summed E-state index contributed by atoms with van der Waals surface area (Å²) >= 11 is 6.03. The summed E-state index contributed by atoms with van der Waals surface area (Å²) in [4.78, 5) is 27.1. The number of rotatable bonds is 7. The van der Waals surface area contributed by atoms with Gasteiger partial charge in [0.05, 0.1) is 13.5 Å². The lowest BCUT2D eigenvalue weighted by Crippen LogP contribution is -2.20. The van der Waals surface area contributed by atoms with E-state index < -0.39 is 11.9 Å². The summed E-state index contributed by atoms with van der Waals surface area (Å²) in [7, 11) is 1.60. The monoisotopic (exact) mass is 453 g/mol. The Labute approximate surface area is 188 Å². The average molecular weight is 454 g/mol. The molecule has 4 rings (SSSR count). The normalized spacial score (nSPS) is 14.7. The van der Waals surface area contributed by atoms with Crippen LogP contribution in [0.3, 0.4) is 0 Å². The highest BCUT2D eigenvalue weighted by Gasteiger charge is 2.26. The lowest BCUT2D eigenvalue weighted by atomic mass is 10.0. The molecule has 32 heavy (non-hydrogen) atoms. The molecular weight excluding hydrogens is 434 g/mol. The molecule has 0 aliphatic carbocycles. The number of aliphatic carboxylic acids is 1. The molecule has 1 aliphatic rings. The lowest BCUT2D eigenvalue weighted by molar-refractivity contribution is -0.138. The van der Waals surface area contributed by atoms with E-state index in [2.05, 4.69) is 20.7 Å². The number of benzene rings is 2. The van der Waals surface area contributed by atoms with E-state index >= 15 is 0 Å². The van der Waals surface area contributed by atoms with Crippen LogP contribution >= 0.6 is 11.6 Å². The number of halogens is 1. The second kappa shape index (κ2) is 9.11. The molecule has 10 heteroatoms. The van der Waals surface area contributed by atoms with Crippen molar-refractivity contribution in [3.63, 3.8) is 0 Å². The molecule has 164 valence electrons. The number of amides is 1. The Morgan fingerprint density at radius 1 is 1.16 bits per heavy atom. The number of nitrogens with zero attached hydrogens (tertiary/aromatic N) is 3. The Morgan fingerprint density at radius 2 is 1.88 bits per heavy atom. The molecule has 2 aromatic carbocycles. The first-order chi connectivity index (χ1) is 15.4. The van der Waals surface area contributed by atoms with E-state index in [0.717, 1.165) is 22.6 Å². The number of aromatic nitrogens is 3. The van der Waals surface area contributed by atoms with Gasteiger partial charge in [0.2, 0.25) is 11.9 Å². The minimum atomic E-state index is -1.05. The number of allylic oxidation sites excluding steroid dienone is 1. The number of fused-ring (bicyclic) bond motifs is 1. The summed E-state index contributed by atoms with van der Waals surface area (Å²) in [5.41, 5.74) is 2.66. The molecule has 1 aromatic heterocycles. The van der Waals surface area contributed by atoms with Gasteiger partial charge >= 0.3 is 5.97 Å². The molecular formula is C22H20ClN5O4. The molecule has 0 radical (unpaired) electrons. The van der Waals surface area contributed by atoms with E-state index in [4.69, 9.17) is 21.4 Å². The van der Waals surface area contributed by atoms with E-state index in [0.29, 0.717) is 11.0 Å². The Kier molecular flexibility index (Phi) is 6.09. The number of methoxy groups -OCH3 is 1. The van der Waals surface area contributed by atoms with Gasteiger partial charge in [-0.1, -0.05) is 35.9 Å². The molecule has 1 atom stereocenters. The van der Waals surface area contributed by atoms with Crippen molar-refractivity contribution in [1.29, 1.82) is 0 Å². The first-order valence-electron chi connectivity index (χ1n) is 9.80. The van der Waals surface area contributed by atoms with E-state index in [1.165, 1.54) is 0 Å². The number of carbonyl (C=O) groups excluding carboxylic acids is 1. The van der Waals surface area contributed by atoms with Crippen LogP contribution in [0.2, 0.25) is 5.02 Å². The van der Waals surface area contributed by atoms with Crippen molar-refractivity contribution in [2.45, 2.75) is 18.9 Å². The zero-order valence-corrected chi connectivity index (χ0v) is 17.8. The quantitative estimate of drug-likeness (QED) is 0.497. The first-order valence-corrected chi connectivity index (χ1v) is 10.2. The third kappa shape index (κ3) is 4.73. The Bertz CT molecular complexity index is 1170. The fraction of sp³-hybridized carbons (Fsp3) is 0.182. The summed E-state index contributed by atoms with van der Waals surface area (Å²) in [6, 6.07) is 14.7. The van der Waals surface area contributed by atoms with Crippen molar-refractivity contribution in [2.75, 3.05) is 17.7 Å². The topological polar surface area (TPSA) is 118 Å². The fourth-order valence-electron chi connectivity index (χ4n) is 3.29. The van der Waals surface area contributed by atoms with Crippen LogP contribution in [0.4, 0.5) is 11.9 Å². The standard InChI is InChI=1S/C22H20ClN5O4/c1-32-16-8-4-14(5-9-16)18-12-17(13-2-6-15(23)7-3-13)24-22-26-21(27-28(18)22)25-19(29)10-11-20(30)31/h2-9,12,18H,10-11H2,1H3,(H,30,31)(H2,24,25,26,27,29)/t18-/m0/s1. The second-order valence-electron chi connectivity index (χ2n) is 7.08. The smallest absolute Gasteiger partial charge is 0.303 e. The summed E-state index contributed by atoms with van der Waals surface area (Å²) in [5, 5.41) is 19.6. The van der Waals surface area contributed by atoms with Crippen LogP contribution in [-0.4, -0.2) is 38.9 Å². The molecule has 0 unspecified atom stereocenters. The van der Waals surface area contributed by atoms with Gasteiger partial charge in [-0.15, -0.1) is 5.10 Å². The predicted molar refractivity (Wildman–Crippen MR) is 120 cm³/mol. The number of carboxylic acid groups (broad SMARTS) is 1. The average Bonchev–Trinajstić information content (AvgIpc) is 3.20. The zero-order chi connectivity index (χ0) is 22.7. The fourth-order valence-corrected chi connectivity index (χ4v) is 3.42. The third-order valence-corrected chi connectivity index (χ3v) is 5.15. The van der Waals surface area contributed by atoms with Crippen LogP contribution in [0, 0.1) is 0 Å². The molecule has 0 fully saturated rings. The summed E-state index contributed by atoms with van der Waals surface area (Å²) in [6.07, 6.45) is 1.57. The molecule has 1 aliphatic heterocycles. The van der Waals surface area contributed by atoms with Gasteiger partial charge in [-0.05, 0) is 41.5 Å². The van der Waals surface area contributed by atoms with Gasteiger partial charge in [-0.3, -0.25) is 14.9 Å². The number of carboxylic acids is 1. The molecule has 0 bridgehead atoms. The van der Waals surface area contributed by atoms with Crippen molar-refractivity contribution >= 4 is 41.1 Å². The van der Waals surface area contributed by atoms with Gasteiger partial charge in [0.15, 0.2) is 0 Å². The van der Waals surface area contributed by atoms with E-state index in [-0.39, 0.29) is 24.8 Å². The van der Waals surface area contributed by atoms with Crippen LogP contribution < -0.4 is 15.4 Å². The zero-order valence-electron chi connectivity index (χ0n) is 17.1. The number of hydrogen-bond acceptors (Lipinski definition) is 6. The molecule has 9 nitrogen and oxygen atoms in total. The van der Waals surface area contributed by atoms with Crippen molar-refractivity contribution in [2.24, 2.45) is 0 Å². The van der Waals surface area contributed by atoms with Crippen LogP contribution in [0.25, 0.3) is 5.70 Å². The van der Waals surface area contributed by atoms with Crippen molar-refractivity contribution in [3.05, 3.63) is 70.8 Å². The Hall–Kier alpha value is -3.85. The van der Waals surface area contributed by atoms with E-state index in [9.17, 15) is 9.59 Å². The van der Waals surface area contributed by atoms with Crippen LogP contribution in [-0.2, 0) is 9.59 Å². The Balaban J connectivity index is 1.67. The van der Waals surface area contributed by atoms with Gasteiger partial charge in [0.25, 0.3) is 5.95 Å². The highest BCUT2D eigenvalue weighted by atomic mass is 35.5. The minimum absolute atomic E-state index is 0.0900. The summed E-state index contributed by atoms with van der Waals surface area (Å²) in [5.74, 6) is -0.258. The van der Waals surface area contributed by atoms with Crippen LogP contribution in [0.15, 0.2) is 54.6 Å². The van der Waals surface area contributed by atoms with Crippen molar-refractivity contribution < 1.29 is 19.4 Å². The third-order valence-electron chi connectivity index (χ3n) is 4.90. The van der Waals surface area contributed by atoms with Crippen LogP contribution in [0.5, 0.6) is 5.75 Å². The molecule has 3 N–H and O–H groups in total. The number of nitrogens with one attached hydrogen (secondary N) is 2. The maximum Gasteiger partial charge on any atom is 0.303 e. The minimum Gasteiger partial charge on any atom is -0.497 e. The lowest BCUT2D eigenvalue weighted by Gasteiger charge is -2.24. The second-order valence-corrected chi connectivity index (χ2v) is 7.51.